The minimum absolute atomic E-state index is 0.0319. The van der Waals surface area contributed by atoms with Gasteiger partial charge < -0.3 is 5.32 Å². The Labute approximate surface area is 164 Å². The Balaban J connectivity index is 1.47. The molecule has 1 heterocycles. The molecule has 0 unspecified atom stereocenters. The molecule has 2 aromatic carbocycles. The fourth-order valence-corrected chi connectivity index (χ4v) is 4.32. The molecule has 1 aliphatic rings. The van der Waals surface area contributed by atoms with Gasteiger partial charge in [-0.25, -0.2) is 4.98 Å². The molecule has 0 bridgehead atoms. The van der Waals surface area contributed by atoms with Gasteiger partial charge in [-0.15, -0.1) is 0 Å². The molecule has 1 aromatic heterocycles. The first-order chi connectivity index (χ1) is 13.3. The fraction of sp³-hybridized carbons (Fsp3) is 0.273. The van der Waals surface area contributed by atoms with Crippen LogP contribution in [0.3, 0.4) is 0 Å². The van der Waals surface area contributed by atoms with Crippen LogP contribution in [0.15, 0.2) is 65.8 Å². The van der Waals surface area contributed by atoms with Gasteiger partial charge in [0.05, 0.1) is 11.4 Å². The summed E-state index contributed by atoms with van der Waals surface area (Å²) in [6, 6.07) is 20.3. The second kappa shape index (κ2) is 8.44. The predicted octanol–water partition coefficient (Wildman–Crippen LogP) is 4.16. The number of aromatic nitrogens is 2. The third-order valence-corrected chi connectivity index (χ3v) is 5.72. The maximum atomic E-state index is 12.3. The van der Waals surface area contributed by atoms with Crippen LogP contribution in [-0.4, -0.2) is 21.2 Å². The summed E-state index contributed by atoms with van der Waals surface area (Å²) in [5.74, 6) is 0.402. The summed E-state index contributed by atoms with van der Waals surface area (Å²) in [4.78, 5) is 17.2. The summed E-state index contributed by atoms with van der Waals surface area (Å²) in [6.45, 7) is 0.559. The average Bonchev–Trinajstić information content (AvgIpc) is 3.10. The Morgan fingerprint density at radius 2 is 1.70 bits per heavy atom. The van der Waals surface area contributed by atoms with E-state index in [0.29, 0.717) is 12.3 Å². The number of nitrogens with zero attached hydrogens (tertiary/aromatic N) is 2. The topological polar surface area (TPSA) is 46.9 Å². The smallest absolute Gasteiger partial charge is 0.230 e. The number of thioether (sulfide) groups is 1. The van der Waals surface area contributed by atoms with E-state index in [1.165, 1.54) is 36.0 Å². The molecule has 4 nitrogen and oxygen atoms in total. The molecule has 1 N–H and O–H groups in total. The van der Waals surface area contributed by atoms with Gasteiger partial charge in [0.2, 0.25) is 5.91 Å². The van der Waals surface area contributed by atoms with E-state index in [1.54, 1.807) is 0 Å². The lowest BCUT2D eigenvalue weighted by Gasteiger charge is -2.15. The summed E-state index contributed by atoms with van der Waals surface area (Å²) in [5, 5.41) is 3.91. The molecular formula is C22H23N3OS. The van der Waals surface area contributed by atoms with Gasteiger partial charge in [-0.3, -0.25) is 9.36 Å². The number of imidazole rings is 1. The zero-order valence-corrected chi connectivity index (χ0v) is 16.0. The van der Waals surface area contributed by atoms with E-state index in [2.05, 4.69) is 22.0 Å². The SMILES string of the molecule is O=C(CSc1nc2c(n1-c1ccccc1)CCCC2)NCc1ccccc1. The van der Waals surface area contributed by atoms with Crippen molar-refractivity contribution in [1.82, 2.24) is 14.9 Å². The van der Waals surface area contributed by atoms with E-state index in [0.717, 1.165) is 29.2 Å². The molecular weight excluding hydrogens is 354 g/mol. The number of nitrogens with one attached hydrogen (secondary N) is 1. The molecule has 1 aliphatic carbocycles. The number of carbonyl (C=O) groups excluding carboxylic acids is 1. The van der Waals surface area contributed by atoms with Crippen molar-refractivity contribution < 1.29 is 4.79 Å². The molecule has 0 radical (unpaired) electrons. The summed E-state index contributed by atoms with van der Waals surface area (Å²) < 4.78 is 2.24. The van der Waals surface area contributed by atoms with Crippen LogP contribution in [-0.2, 0) is 24.2 Å². The largest absolute Gasteiger partial charge is 0.351 e. The zero-order valence-electron chi connectivity index (χ0n) is 15.2. The fourth-order valence-electron chi connectivity index (χ4n) is 3.43. The van der Waals surface area contributed by atoms with Crippen LogP contribution in [0, 0.1) is 0 Å². The quantitative estimate of drug-likeness (QED) is 0.656. The maximum absolute atomic E-state index is 12.3. The molecule has 1 amide bonds. The number of hydrogen-bond donors (Lipinski definition) is 1. The van der Waals surface area contributed by atoms with Gasteiger partial charge in [-0.1, -0.05) is 60.3 Å². The van der Waals surface area contributed by atoms with Crippen molar-refractivity contribution in [3.05, 3.63) is 77.6 Å². The Kier molecular flexibility index (Phi) is 5.58. The van der Waals surface area contributed by atoms with Crippen molar-refractivity contribution >= 4 is 17.7 Å². The van der Waals surface area contributed by atoms with Crippen molar-refractivity contribution in [3.8, 4) is 5.69 Å². The second-order valence-corrected chi connectivity index (χ2v) is 7.66. The van der Waals surface area contributed by atoms with Crippen molar-refractivity contribution in [3.63, 3.8) is 0 Å². The number of amides is 1. The third-order valence-electron chi connectivity index (χ3n) is 4.78. The number of para-hydroxylation sites is 1. The van der Waals surface area contributed by atoms with Crippen LogP contribution in [0.4, 0.5) is 0 Å². The molecule has 0 atom stereocenters. The van der Waals surface area contributed by atoms with E-state index in [9.17, 15) is 4.79 Å². The number of aryl methyl sites for hydroxylation is 1. The molecule has 0 spiro atoms. The minimum Gasteiger partial charge on any atom is -0.351 e. The lowest BCUT2D eigenvalue weighted by Crippen LogP contribution is -2.24. The molecule has 0 aliphatic heterocycles. The summed E-state index contributed by atoms with van der Waals surface area (Å²) in [5.41, 5.74) is 4.73. The van der Waals surface area contributed by atoms with Crippen molar-refractivity contribution in [1.29, 1.82) is 0 Å². The van der Waals surface area contributed by atoms with Gasteiger partial charge in [-0.2, -0.15) is 0 Å². The molecule has 138 valence electrons. The van der Waals surface area contributed by atoms with E-state index < -0.39 is 0 Å². The van der Waals surface area contributed by atoms with Gasteiger partial charge in [-0.05, 0) is 43.4 Å². The molecule has 0 fully saturated rings. The Bertz CT molecular complexity index is 906. The first-order valence-electron chi connectivity index (χ1n) is 9.40. The van der Waals surface area contributed by atoms with Crippen LogP contribution in [0.1, 0.15) is 29.8 Å². The molecule has 0 saturated heterocycles. The van der Waals surface area contributed by atoms with Crippen LogP contribution in [0.25, 0.3) is 5.69 Å². The minimum atomic E-state index is 0.0319. The second-order valence-electron chi connectivity index (χ2n) is 6.72. The van der Waals surface area contributed by atoms with Crippen LogP contribution in [0.5, 0.6) is 0 Å². The van der Waals surface area contributed by atoms with E-state index in [-0.39, 0.29) is 5.91 Å². The third kappa shape index (κ3) is 4.25. The first-order valence-corrected chi connectivity index (χ1v) is 10.4. The van der Waals surface area contributed by atoms with Gasteiger partial charge in [0, 0.05) is 17.9 Å². The van der Waals surface area contributed by atoms with Crippen molar-refractivity contribution in [2.75, 3.05) is 5.75 Å². The molecule has 3 aromatic rings. The zero-order chi connectivity index (χ0) is 18.5. The summed E-state index contributed by atoms with van der Waals surface area (Å²) in [6.07, 6.45) is 4.48. The lowest BCUT2D eigenvalue weighted by atomic mass is 10.0. The van der Waals surface area contributed by atoms with E-state index in [4.69, 9.17) is 4.98 Å². The highest BCUT2D eigenvalue weighted by Crippen LogP contribution is 2.30. The normalized spacial score (nSPS) is 13.2. The first kappa shape index (κ1) is 17.9. The van der Waals surface area contributed by atoms with Gasteiger partial charge in [0.15, 0.2) is 5.16 Å². The monoisotopic (exact) mass is 377 g/mol. The Morgan fingerprint density at radius 3 is 2.48 bits per heavy atom. The van der Waals surface area contributed by atoms with E-state index in [1.807, 2.05) is 48.5 Å². The Hall–Kier alpha value is -2.53. The summed E-state index contributed by atoms with van der Waals surface area (Å²) in [7, 11) is 0. The number of carbonyl (C=O) groups is 1. The highest BCUT2D eigenvalue weighted by atomic mass is 32.2. The maximum Gasteiger partial charge on any atom is 0.230 e. The number of benzene rings is 2. The number of rotatable bonds is 6. The number of fused-ring (bicyclic) bond motifs is 1. The molecule has 5 heteroatoms. The number of hydrogen-bond acceptors (Lipinski definition) is 3. The standard InChI is InChI=1S/C22H23N3OS/c26-21(23-15-17-9-3-1-4-10-17)16-27-22-24-19-13-7-8-14-20(19)25(22)18-11-5-2-6-12-18/h1-6,9-12H,7-8,13-16H2,(H,23,26). The van der Waals surface area contributed by atoms with Gasteiger partial charge in [0.25, 0.3) is 0 Å². The van der Waals surface area contributed by atoms with Gasteiger partial charge >= 0.3 is 0 Å². The van der Waals surface area contributed by atoms with Crippen molar-refractivity contribution in [2.45, 2.75) is 37.4 Å². The average molecular weight is 378 g/mol. The van der Waals surface area contributed by atoms with Crippen LogP contribution in [0.2, 0.25) is 0 Å². The van der Waals surface area contributed by atoms with Crippen LogP contribution < -0.4 is 5.32 Å². The van der Waals surface area contributed by atoms with Crippen molar-refractivity contribution in [2.24, 2.45) is 0 Å². The molecule has 4 rings (SSSR count). The molecule has 0 saturated carbocycles. The highest BCUT2D eigenvalue weighted by molar-refractivity contribution is 7.99. The summed E-state index contributed by atoms with van der Waals surface area (Å²) >= 11 is 1.52. The highest BCUT2D eigenvalue weighted by Gasteiger charge is 2.21. The van der Waals surface area contributed by atoms with Gasteiger partial charge in [0.1, 0.15) is 0 Å². The van der Waals surface area contributed by atoms with E-state index >= 15 is 0 Å². The Morgan fingerprint density at radius 1 is 1.00 bits per heavy atom. The lowest BCUT2D eigenvalue weighted by molar-refractivity contribution is -0.118. The predicted molar refractivity (Wildman–Crippen MR) is 109 cm³/mol. The van der Waals surface area contributed by atoms with Crippen LogP contribution >= 0.6 is 11.8 Å². The molecule has 27 heavy (non-hydrogen) atoms.